The van der Waals surface area contributed by atoms with Crippen molar-refractivity contribution < 1.29 is 48.3 Å². The smallest absolute Gasteiger partial charge is 0.328 e. The lowest BCUT2D eigenvalue weighted by Gasteiger charge is -2.22. The predicted octanol–water partition coefficient (Wildman–Crippen LogP) is 1.28. The number of amides is 2. The van der Waals surface area contributed by atoms with Gasteiger partial charge in [-0.25, -0.2) is 4.79 Å². The van der Waals surface area contributed by atoms with Gasteiger partial charge in [0.05, 0.1) is 28.4 Å². The molecule has 37 heavy (non-hydrogen) atoms. The fourth-order valence-electron chi connectivity index (χ4n) is 3.47. The zero-order valence-electron chi connectivity index (χ0n) is 20.9. The van der Waals surface area contributed by atoms with Crippen LogP contribution in [0, 0.1) is 0 Å². The third-order valence-electron chi connectivity index (χ3n) is 5.37. The molecule has 0 aliphatic rings. The molecule has 0 bridgehead atoms. The molecule has 0 spiro atoms. The molecule has 2 atom stereocenters. The Morgan fingerprint density at radius 1 is 0.865 bits per heavy atom. The maximum atomic E-state index is 13.1. The predicted molar refractivity (Wildman–Crippen MR) is 130 cm³/mol. The summed E-state index contributed by atoms with van der Waals surface area (Å²) in [6, 6.07) is 6.34. The van der Waals surface area contributed by atoms with Gasteiger partial charge in [0, 0.05) is 18.4 Å². The van der Waals surface area contributed by atoms with E-state index in [0.29, 0.717) is 5.56 Å². The highest BCUT2D eigenvalue weighted by Gasteiger charge is 2.29. The van der Waals surface area contributed by atoms with Crippen LogP contribution in [0.1, 0.15) is 28.8 Å². The maximum Gasteiger partial charge on any atom is 0.328 e. The molecule has 0 aliphatic carbocycles. The summed E-state index contributed by atoms with van der Waals surface area (Å²) in [5.74, 6) is -2.70. The number of aromatic hydroxyl groups is 1. The number of esters is 1. The molecule has 0 unspecified atom stereocenters. The lowest BCUT2D eigenvalue weighted by Crippen LogP contribution is -2.52. The van der Waals surface area contributed by atoms with Crippen LogP contribution in [-0.2, 0) is 25.5 Å². The number of rotatable bonds is 13. The molecule has 0 radical (unpaired) electrons. The molecule has 0 saturated carbocycles. The van der Waals surface area contributed by atoms with Crippen molar-refractivity contribution in [2.75, 3.05) is 28.4 Å². The van der Waals surface area contributed by atoms with Gasteiger partial charge in [-0.2, -0.15) is 0 Å². The second-order valence-corrected chi connectivity index (χ2v) is 7.83. The molecule has 12 heteroatoms. The maximum absolute atomic E-state index is 13.1. The highest BCUT2D eigenvalue weighted by atomic mass is 16.5. The molecule has 2 amide bonds. The van der Waals surface area contributed by atoms with E-state index < -0.39 is 42.3 Å². The summed E-state index contributed by atoms with van der Waals surface area (Å²) in [6.45, 7) is 0. The molecule has 4 N–H and O–H groups in total. The van der Waals surface area contributed by atoms with Crippen LogP contribution in [0.4, 0.5) is 0 Å². The summed E-state index contributed by atoms with van der Waals surface area (Å²) in [6.07, 6.45) is -0.635. The summed E-state index contributed by atoms with van der Waals surface area (Å²) in [4.78, 5) is 49.7. The van der Waals surface area contributed by atoms with E-state index in [1.165, 1.54) is 45.6 Å². The Bertz CT molecular complexity index is 1090. The van der Waals surface area contributed by atoms with E-state index in [9.17, 15) is 24.3 Å². The lowest BCUT2D eigenvalue weighted by molar-refractivity contribution is -0.145. The molecular formula is C25H30N2O10. The number of carbonyl (C=O) groups excluding carboxylic acids is 3. The monoisotopic (exact) mass is 518 g/mol. The van der Waals surface area contributed by atoms with E-state index >= 15 is 0 Å². The second-order valence-electron chi connectivity index (χ2n) is 7.83. The van der Waals surface area contributed by atoms with E-state index in [-0.39, 0.29) is 41.4 Å². The highest BCUT2D eigenvalue weighted by molar-refractivity contribution is 5.99. The van der Waals surface area contributed by atoms with Crippen LogP contribution < -0.4 is 24.8 Å². The first-order valence-corrected chi connectivity index (χ1v) is 11.1. The minimum Gasteiger partial charge on any atom is -0.508 e. The van der Waals surface area contributed by atoms with Crippen molar-refractivity contribution in [2.45, 2.75) is 31.3 Å². The number of carboxylic acids is 1. The van der Waals surface area contributed by atoms with Crippen LogP contribution in [0.2, 0.25) is 0 Å². The number of benzene rings is 2. The fraction of sp³-hybridized carbons (Fsp3) is 0.360. The zero-order chi connectivity index (χ0) is 27.5. The van der Waals surface area contributed by atoms with Gasteiger partial charge in [0.2, 0.25) is 11.7 Å². The van der Waals surface area contributed by atoms with Crippen molar-refractivity contribution in [3.8, 4) is 23.0 Å². The molecule has 200 valence electrons. The van der Waals surface area contributed by atoms with Gasteiger partial charge in [0.15, 0.2) is 11.5 Å². The van der Waals surface area contributed by atoms with Crippen LogP contribution in [0.15, 0.2) is 36.4 Å². The number of nitrogens with one attached hydrogen (secondary N) is 2. The topological polar surface area (TPSA) is 170 Å². The summed E-state index contributed by atoms with van der Waals surface area (Å²) in [7, 11) is 5.32. The van der Waals surface area contributed by atoms with Gasteiger partial charge in [-0.1, -0.05) is 12.1 Å². The van der Waals surface area contributed by atoms with Crippen molar-refractivity contribution in [3.05, 3.63) is 47.5 Å². The van der Waals surface area contributed by atoms with Gasteiger partial charge in [0.1, 0.15) is 17.8 Å². The van der Waals surface area contributed by atoms with Crippen LogP contribution >= 0.6 is 0 Å². The number of methoxy groups -OCH3 is 4. The summed E-state index contributed by atoms with van der Waals surface area (Å²) >= 11 is 0. The number of carboxylic acid groups (broad SMARTS) is 1. The molecule has 12 nitrogen and oxygen atoms in total. The standard InChI is InChI=1S/C25H30N2O10/c1-34-19-12-15(13-20(35-2)22(19)36-3)23(31)26-17(9-10-21(29)30)24(32)27-18(25(33)37-4)11-14-5-7-16(28)8-6-14/h5-8,12-13,17-18,28H,9-11H2,1-4H3,(H,26,31)(H,27,32)(H,29,30)/t17-,18+/m1/s1. The van der Waals surface area contributed by atoms with Crippen molar-refractivity contribution in [3.63, 3.8) is 0 Å². The minimum absolute atomic E-state index is 0.0329. The lowest BCUT2D eigenvalue weighted by atomic mass is 10.0. The first-order chi connectivity index (χ1) is 17.6. The van der Waals surface area contributed by atoms with Crippen LogP contribution in [-0.4, -0.2) is 74.5 Å². The van der Waals surface area contributed by atoms with Gasteiger partial charge >= 0.3 is 11.9 Å². The number of carbonyl (C=O) groups is 4. The Balaban J connectivity index is 2.28. The molecular weight excluding hydrogens is 488 g/mol. The van der Waals surface area contributed by atoms with Gasteiger partial charge in [0.25, 0.3) is 5.91 Å². The molecule has 0 aliphatic heterocycles. The van der Waals surface area contributed by atoms with E-state index in [0.717, 1.165) is 7.11 Å². The third-order valence-corrected chi connectivity index (χ3v) is 5.37. The minimum atomic E-state index is -1.30. The van der Waals surface area contributed by atoms with Crippen LogP contribution in [0.5, 0.6) is 23.0 Å². The Labute approximate surface area is 213 Å². The van der Waals surface area contributed by atoms with Crippen molar-refractivity contribution in [2.24, 2.45) is 0 Å². The van der Waals surface area contributed by atoms with E-state index in [1.54, 1.807) is 12.1 Å². The summed E-state index contributed by atoms with van der Waals surface area (Å²) in [5, 5.41) is 23.6. The normalized spacial score (nSPS) is 12.0. The number of aliphatic carboxylic acids is 1. The van der Waals surface area contributed by atoms with Crippen molar-refractivity contribution in [1.82, 2.24) is 10.6 Å². The summed E-state index contributed by atoms with van der Waals surface area (Å²) < 4.78 is 20.5. The van der Waals surface area contributed by atoms with Gasteiger partial charge in [-0.05, 0) is 36.2 Å². The van der Waals surface area contributed by atoms with Crippen molar-refractivity contribution >= 4 is 23.8 Å². The fourth-order valence-corrected chi connectivity index (χ4v) is 3.47. The highest BCUT2D eigenvalue weighted by Crippen LogP contribution is 2.38. The third kappa shape index (κ3) is 8.02. The van der Waals surface area contributed by atoms with Gasteiger partial charge < -0.3 is 39.8 Å². The Morgan fingerprint density at radius 3 is 1.95 bits per heavy atom. The van der Waals surface area contributed by atoms with Gasteiger partial charge in [-0.3, -0.25) is 14.4 Å². The SMILES string of the molecule is COC(=O)[C@H](Cc1ccc(O)cc1)NC(=O)[C@@H](CCC(=O)O)NC(=O)c1cc(OC)c(OC)c(OC)c1. The largest absolute Gasteiger partial charge is 0.508 e. The number of phenols is 1. The van der Waals surface area contributed by atoms with E-state index in [1.807, 2.05) is 0 Å². The van der Waals surface area contributed by atoms with Crippen LogP contribution in [0.3, 0.4) is 0 Å². The quantitative estimate of drug-likeness (QED) is 0.283. The molecule has 2 aromatic rings. The Kier molecular flexibility index (Phi) is 10.5. The first kappa shape index (κ1) is 28.8. The number of ether oxygens (including phenoxy) is 4. The Morgan fingerprint density at radius 2 is 1.46 bits per heavy atom. The molecule has 0 fully saturated rings. The molecule has 0 saturated heterocycles. The molecule has 2 aromatic carbocycles. The van der Waals surface area contributed by atoms with Crippen molar-refractivity contribution in [1.29, 1.82) is 0 Å². The first-order valence-electron chi connectivity index (χ1n) is 11.1. The average molecular weight is 519 g/mol. The molecule has 2 rings (SSSR count). The number of hydrogen-bond acceptors (Lipinski definition) is 9. The second kappa shape index (κ2) is 13.6. The van der Waals surface area contributed by atoms with E-state index in [4.69, 9.17) is 24.1 Å². The van der Waals surface area contributed by atoms with Gasteiger partial charge in [-0.15, -0.1) is 0 Å². The number of hydrogen-bond donors (Lipinski definition) is 4. The summed E-state index contributed by atoms with van der Waals surface area (Å²) in [5.41, 5.74) is 0.688. The molecule has 0 aromatic heterocycles. The van der Waals surface area contributed by atoms with Crippen LogP contribution in [0.25, 0.3) is 0 Å². The number of phenolic OH excluding ortho intramolecular Hbond substituents is 1. The average Bonchev–Trinajstić information content (AvgIpc) is 2.89. The Hall–Kier alpha value is -4.48. The molecule has 0 heterocycles. The van der Waals surface area contributed by atoms with E-state index in [2.05, 4.69) is 10.6 Å². The zero-order valence-corrected chi connectivity index (χ0v) is 20.9.